The highest BCUT2D eigenvalue weighted by atomic mass is 35.5. The number of rotatable bonds is 6. The predicted octanol–water partition coefficient (Wildman–Crippen LogP) is 3.24. The average molecular weight is 381 g/mol. The van der Waals surface area contributed by atoms with Gasteiger partial charge in [0.1, 0.15) is 12.4 Å². The van der Waals surface area contributed by atoms with Gasteiger partial charge in [-0.25, -0.2) is 12.4 Å². The molecule has 3 rings (SSSR count). The van der Waals surface area contributed by atoms with Crippen molar-refractivity contribution in [3.05, 3.63) is 60.8 Å². The topological polar surface area (TPSA) is 51.5 Å². The van der Waals surface area contributed by atoms with E-state index < -0.39 is 10.0 Å². The van der Waals surface area contributed by atoms with Crippen LogP contribution in [0, 0.1) is 0 Å². The largest absolute Gasteiger partial charge is 0.492 e. The lowest BCUT2D eigenvalue weighted by molar-refractivity contribution is 0.263. The van der Waals surface area contributed by atoms with E-state index in [0.29, 0.717) is 17.9 Å². The van der Waals surface area contributed by atoms with Crippen molar-refractivity contribution in [2.75, 3.05) is 27.2 Å². The number of aromatic nitrogens is 1. The highest BCUT2D eigenvalue weighted by Gasteiger charge is 2.19. The molecular formula is C18H21ClN2O3S. The SMILES string of the molecule is CN(C)CCOc1cccc2c1ccn2S(=O)(=O)c1ccccc1.Cl. The fourth-order valence-corrected chi connectivity index (χ4v) is 3.86. The average Bonchev–Trinajstić information content (AvgIpc) is 3.01. The van der Waals surface area contributed by atoms with Crippen molar-refractivity contribution in [2.24, 2.45) is 0 Å². The molecule has 0 radical (unpaired) electrons. The molecule has 5 nitrogen and oxygen atoms in total. The maximum Gasteiger partial charge on any atom is 0.268 e. The van der Waals surface area contributed by atoms with E-state index >= 15 is 0 Å². The van der Waals surface area contributed by atoms with Crippen LogP contribution in [-0.4, -0.2) is 44.5 Å². The molecule has 3 aromatic rings. The molecule has 0 atom stereocenters. The van der Waals surface area contributed by atoms with E-state index in [-0.39, 0.29) is 17.3 Å². The molecule has 0 bridgehead atoms. The first kappa shape index (κ1) is 19.3. The Balaban J connectivity index is 0.00000225. The maximum absolute atomic E-state index is 12.8. The molecule has 0 spiro atoms. The van der Waals surface area contributed by atoms with Gasteiger partial charge in [-0.15, -0.1) is 12.4 Å². The third-order valence-electron chi connectivity index (χ3n) is 3.75. The van der Waals surface area contributed by atoms with Gasteiger partial charge in [0, 0.05) is 18.1 Å². The molecule has 0 saturated carbocycles. The van der Waals surface area contributed by atoms with Gasteiger partial charge >= 0.3 is 0 Å². The zero-order chi connectivity index (χ0) is 17.2. The number of hydrogen-bond donors (Lipinski definition) is 0. The standard InChI is InChI=1S/C18H20N2O3S.ClH/c1-19(2)13-14-23-18-10-6-9-17-16(18)11-12-20(17)24(21,22)15-7-4-3-5-8-15;/h3-12H,13-14H2,1-2H3;1H. The van der Waals surface area contributed by atoms with Crippen LogP contribution in [0.25, 0.3) is 10.9 Å². The normalized spacial score (nSPS) is 11.5. The summed E-state index contributed by atoms with van der Waals surface area (Å²) in [5.41, 5.74) is 0.612. The first-order valence-electron chi connectivity index (χ1n) is 7.68. The van der Waals surface area contributed by atoms with Crippen LogP contribution in [0.15, 0.2) is 65.7 Å². The molecule has 1 heterocycles. The molecule has 0 aliphatic rings. The predicted molar refractivity (Wildman–Crippen MR) is 102 cm³/mol. The molecule has 0 unspecified atom stereocenters. The molecule has 0 aliphatic carbocycles. The van der Waals surface area contributed by atoms with Crippen LogP contribution < -0.4 is 4.74 Å². The summed E-state index contributed by atoms with van der Waals surface area (Å²) in [5.74, 6) is 0.691. The molecule has 0 N–H and O–H groups in total. The lowest BCUT2D eigenvalue weighted by atomic mass is 10.2. The Morgan fingerprint density at radius 1 is 1.00 bits per heavy atom. The lowest BCUT2D eigenvalue weighted by Gasteiger charge is -2.12. The van der Waals surface area contributed by atoms with Crippen LogP contribution in [0.2, 0.25) is 0 Å². The van der Waals surface area contributed by atoms with Gasteiger partial charge in [0.05, 0.1) is 10.4 Å². The van der Waals surface area contributed by atoms with E-state index in [1.807, 2.05) is 31.1 Å². The van der Waals surface area contributed by atoms with Crippen molar-refractivity contribution in [3.63, 3.8) is 0 Å². The Labute approximate surface area is 154 Å². The molecule has 0 aliphatic heterocycles. The lowest BCUT2D eigenvalue weighted by Crippen LogP contribution is -2.19. The van der Waals surface area contributed by atoms with Crippen molar-refractivity contribution >= 4 is 33.3 Å². The molecule has 0 saturated heterocycles. The van der Waals surface area contributed by atoms with Crippen molar-refractivity contribution in [1.82, 2.24) is 8.87 Å². The van der Waals surface area contributed by atoms with Gasteiger partial charge in [0.2, 0.25) is 0 Å². The Morgan fingerprint density at radius 3 is 2.40 bits per heavy atom. The van der Waals surface area contributed by atoms with Gasteiger partial charge in [0.25, 0.3) is 10.0 Å². The number of nitrogens with zero attached hydrogens (tertiary/aromatic N) is 2. The van der Waals surface area contributed by atoms with E-state index in [1.165, 1.54) is 3.97 Å². The van der Waals surface area contributed by atoms with Gasteiger partial charge in [-0.1, -0.05) is 24.3 Å². The van der Waals surface area contributed by atoms with Crippen molar-refractivity contribution in [2.45, 2.75) is 4.90 Å². The van der Waals surface area contributed by atoms with Crippen molar-refractivity contribution in [3.8, 4) is 5.75 Å². The minimum Gasteiger partial charge on any atom is -0.492 e. The third kappa shape index (κ3) is 3.98. The Kier molecular flexibility index (Phi) is 6.11. The molecule has 25 heavy (non-hydrogen) atoms. The summed E-state index contributed by atoms with van der Waals surface area (Å²) in [6.07, 6.45) is 1.58. The Morgan fingerprint density at radius 2 is 1.72 bits per heavy atom. The summed E-state index contributed by atoms with van der Waals surface area (Å²) >= 11 is 0. The van der Waals surface area contributed by atoms with Crippen molar-refractivity contribution < 1.29 is 13.2 Å². The zero-order valence-corrected chi connectivity index (χ0v) is 15.8. The van der Waals surface area contributed by atoms with E-state index in [1.54, 1.807) is 48.7 Å². The van der Waals surface area contributed by atoms with Gasteiger partial charge in [-0.05, 0) is 44.4 Å². The summed E-state index contributed by atoms with van der Waals surface area (Å²) in [6.45, 7) is 1.34. The third-order valence-corrected chi connectivity index (χ3v) is 5.46. The second-order valence-corrected chi connectivity index (χ2v) is 7.59. The van der Waals surface area contributed by atoms with E-state index in [0.717, 1.165) is 11.9 Å². The van der Waals surface area contributed by atoms with Crippen molar-refractivity contribution in [1.29, 1.82) is 0 Å². The number of halogens is 1. The van der Waals surface area contributed by atoms with E-state index in [9.17, 15) is 8.42 Å². The first-order valence-corrected chi connectivity index (χ1v) is 9.12. The van der Waals surface area contributed by atoms with Gasteiger partial charge in [-0.3, -0.25) is 0 Å². The quantitative estimate of drug-likeness (QED) is 0.658. The van der Waals surface area contributed by atoms with Gasteiger partial charge in [0.15, 0.2) is 0 Å². The zero-order valence-electron chi connectivity index (χ0n) is 14.1. The molecule has 0 fully saturated rings. The van der Waals surface area contributed by atoms with Crippen LogP contribution in [0.1, 0.15) is 0 Å². The maximum atomic E-state index is 12.8. The van der Waals surface area contributed by atoms with Crippen LogP contribution in [-0.2, 0) is 10.0 Å². The number of likely N-dealkylation sites (N-methyl/N-ethyl adjacent to an activating group) is 1. The number of benzene rings is 2. The molecule has 7 heteroatoms. The minimum absolute atomic E-state index is 0. The Hall–Kier alpha value is -2.02. The summed E-state index contributed by atoms with van der Waals surface area (Å²) in [4.78, 5) is 2.30. The summed E-state index contributed by atoms with van der Waals surface area (Å²) < 4.78 is 32.8. The number of ether oxygens (including phenoxy) is 1. The second-order valence-electron chi connectivity index (χ2n) is 5.77. The van der Waals surface area contributed by atoms with Crippen LogP contribution in [0.5, 0.6) is 5.75 Å². The monoisotopic (exact) mass is 380 g/mol. The highest BCUT2D eigenvalue weighted by molar-refractivity contribution is 7.90. The van der Waals surface area contributed by atoms with Crippen LogP contribution in [0.4, 0.5) is 0 Å². The number of fused-ring (bicyclic) bond motifs is 1. The smallest absolute Gasteiger partial charge is 0.268 e. The van der Waals surface area contributed by atoms with Gasteiger partial charge < -0.3 is 9.64 Å². The summed E-state index contributed by atoms with van der Waals surface area (Å²) in [7, 11) is 0.338. The second kappa shape index (κ2) is 7.91. The molecule has 1 aromatic heterocycles. The molecule has 0 amide bonds. The highest BCUT2D eigenvalue weighted by Crippen LogP contribution is 2.29. The minimum atomic E-state index is -3.62. The van der Waals surface area contributed by atoms with Crippen LogP contribution >= 0.6 is 12.4 Å². The summed E-state index contributed by atoms with van der Waals surface area (Å²) in [6, 6.07) is 15.7. The molecule has 134 valence electrons. The number of hydrogen-bond acceptors (Lipinski definition) is 4. The first-order chi connectivity index (χ1) is 11.5. The van der Waals surface area contributed by atoms with E-state index in [2.05, 4.69) is 0 Å². The molecular weight excluding hydrogens is 360 g/mol. The van der Waals surface area contributed by atoms with E-state index in [4.69, 9.17) is 4.74 Å². The van der Waals surface area contributed by atoms with Crippen LogP contribution in [0.3, 0.4) is 0 Å². The summed E-state index contributed by atoms with van der Waals surface area (Å²) in [5, 5.41) is 0.788. The van der Waals surface area contributed by atoms with Gasteiger partial charge in [-0.2, -0.15) is 0 Å². The fraction of sp³-hybridized carbons (Fsp3) is 0.222. The Bertz CT molecular complexity index is 937. The molecule has 2 aromatic carbocycles. The fourth-order valence-electron chi connectivity index (χ4n) is 2.49.